The molecule has 0 heterocycles. The predicted octanol–water partition coefficient (Wildman–Crippen LogP) is 2.65. The maximum absolute atomic E-state index is 5.73. The third-order valence-corrected chi connectivity index (χ3v) is 2.70. The highest BCUT2D eigenvalue weighted by molar-refractivity contribution is 4.54. The van der Waals surface area contributed by atoms with E-state index in [0.29, 0.717) is 6.54 Å². The molecule has 0 aromatic carbocycles. The third kappa shape index (κ3) is 10.4. The highest BCUT2D eigenvalue weighted by Crippen LogP contribution is 2.05. The van der Waals surface area contributed by atoms with Crippen molar-refractivity contribution in [2.24, 2.45) is 5.73 Å². The van der Waals surface area contributed by atoms with Crippen molar-refractivity contribution in [3.05, 3.63) is 0 Å². The summed E-state index contributed by atoms with van der Waals surface area (Å²) in [7, 11) is 0. The minimum absolute atomic E-state index is 0.194. The van der Waals surface area contributed by atoms with Crippen LogP contribution >= 0.6 is 0 Å². The van der Waals surface area contributed by atoms with Crippen molar-refractivity contribution in [2.75, 3.05) is 19.7 Å². The van der Waals surface area contributed by atoms with Crippen LogP contribution in [0.4, 0.5) is 0 Å². The van der Waals surface area contributed by atoms with Crippen LogP contribution in [-0.4, -0.2) is 25.9 Å². The van der Waals surface area contributed by atoms with Gasteiger partial charge in [0.2, 0.25) is 0 Å². The summed E-state index contributed by atoms with van der Waals surface area (Å²) in [5, 5.41) is 3.28. The van der Waals surface area contributed by atoms with Crippen LogP contribution in [0.1, 0.15) is 58.8 Å². The Labute approximate surface area is 101 Å². The van der Waals surface area contributed by atoms with Crippen molar-refractivity contribution < 1.29 is 4.74 Å². The minimum Gasteiger partial charge on any atom is -0.363 e. The molecule has 3 nitrogen and oxygen atoms in total. The number of nitrogens with one attached hydrogen (secondary N) is 1. The molecule has 0 aliphatic rings. The van der Waals surface area contributed by atoms with Crippen LogP contribution in [0, 0.1) is 0 Å². The molecule has 0 radical (unpaired) electrons. The second kappa shape index (κ2) is 12.9. The minimum atomic E-state index is 0.194. The van der Waals surface area contributed by atoms with Crippen LogP contribution in [0.2, 0.25) is 0 Å². The second-order valence-electron chi connectivity index (χ2n) is 4.28. The van der Waals surface area contributed by atoms with Gasteiger partial charge < -0.3 is 10.5 Å². The van der Waals surface area contributed by atoms with Gasteiger partial charge in [-0.05, 0) is 12.8 Å². The van der Waals surface area contributed by atoms with E-state index in [9.17, 15) is 0 Å². The molecule has 0 saturated carbocycles. The SMILES string of the molecule is CCCCCCCCOC(CC)NCCN. The molecule has 0 fully saturated rings. The maximum atomic E-state index is 5.73. The van der Waals surface area contributed by atoms with Gasteiger partial charge in [0.15, 0.2) is 0 Å². The van der Waals surface area contributed by atoms with Gasteiger partial charge in [-0.25, -0.2) is 0 Å². The zero-order valence-electron chi connectivity index (χ0n) is 11.1. The molecule has 0 rings (SSSR count). The van der Waals surface area contributed by atoms with Gasteiger partial charge >= 0.3 is 0 Å². The predicted molar refractivity (Wildman–Crippen MR) is 70.5 cm³/mol. The van der Waals surface area contributed by atoms with E-state index in [2.05, 4.69) is 19.2 Å². The summed E-state index contributed by atoms with van der Waals surface area (Å²) in [5.74, 6) is 0. The van der Waals surface area contributed by atoms with E-state index in [-0.39, 0.29) is 6.23 Å². The monoisotopic (exact) mass is 230 g/mol. The molecule has 0 aliphatic heterocycles. The molecule has 0 aliphatic carbocycles. The largest absolute Gasteiger partial charge is 0.363 e. The lowest BCUT2D eigenvalue weighted by molar-refractivity contribution is 0.0258. The molecule has 3 heteroatoms. The second-order valence-corrected chi connectivity index (χ2v) is 4.28. The summed E-state index contributed by atoms with van der Waals surface area (Å²) in [6.45, 7) is 6.78. The molecule has 3 N–H and O–H groups in total. The van der Waals surface area contributed by atoms with E-state index in [1.165, 1.54) is 38.5 Å². The van der Waals surface area contributed by atoms with Crippen molar-refractivity contribution >= 4 is 0 Å². The normalized spacial score (nSPS) is 12.9. The molecule has 0 bridgehead atoms. The van der Waals surface area contributed by atoms with Gasteiger partial charge in [0, 0.05) is 19.7 Å². The number of rotatable bonds is 12. The Morgan fingerprint density at radius 2 is 1.75 bits per heavy atom. The fraction of sp³-hybridized carbons (Fsp3) is 1.00. The van der Waals surface area contributed by atoms with Crippen molar-refractivity contribution in [1.82, 2.24) is 5.32 Å². The lowest BCUT2D eigenvalue weighted by atomic mass is 10.1. The maximum Gasteiger partial charge on any atom is 0.107 e. The summed E-state index contributed by atoms with van der Waals surface area (Å²) < 4.78 is 5.73. The van der Waals surface area contributed by atoms with Crippen LogP contribution < -0.4 is 11.1 Å². The number of hydrogen-bond donors (Lipinski definition) is 2. The molecule has 0 amide bonds. The number of unbranched alkanes of at least 4 members (excludes halogenated alkanes) is 5. The van der Waals surface area contributed by atoms with Gasteiger partial charge in [0.05, 0.1) is 0 Å². The van der Waals surface area contributed by atoms with Gasteiger partial charge in [0.1, 0.15) is 6.23 Å². The zero-order valence-corrected chi connectivity index (χ0v) is 11.1. The van der Waals surface area contributed by atoms with Crippen molar-refractivity contribution in [1.29, 1.82) is 0 Å². The lowest BCUT2D eigenvalue weighted by Crippen LogP contribution is -2.35. The molecular formula is C13H30N2O. The van der Waals surface area contributed by atoms with Gasteiger partial charge in [-0.15, -0.1) is 0 Å². The van der Waals surface area contributed by atoms with E-state index in [0.717, 1.165) is 19.6 Å². The van der Waals surface area contributed by atoms with Crippen LogP contribution in [0.25, 0.3) is 0 Å². The molecular weight excluding hydrogens is 200 g/mol. The van der Waals surface area contributed by atoms with Gasteiger partial charge in [-0.3, -0.25) is 5.32 Å². The Morgan fingerprint density at radius 1 is 1.06 bits per heavy atom. The van der Waals surface area contributed by atoms with E-state index in [4.69, 9.17) is 10.5 Å². The Bertz CT molecular complexity index is 131. The molecule has 16 heavy (non-hydrogen) atoms. The van der Waals surface area contributed by atoms with E-state index < -0.39 is 0 Å². The van der Waals surface area contributed by atoms with Gasteiger partial charge in [-0.1, -0.05) is 46.0 Å². The van der Waals surface area contributed by atoms with Crippen molar-refractivity contribution in [3.63, 3.8) is 0 Å². The summed E-state index contributed by atoms with van der Waals surface area (Å²) in [5.41, 5.74) is 5.44. The first kappa shape index (κ1) is 15.9. The quantitative estimate of drug-likeness (QED) is 0.400. The first-order valence-electron chi connectivity index (χ1n) is 6.90. The molecule has 0 spiro atoms. The zero-order chi connectivity index (χ0) is 12.1. The van der Waals surface area contributed by atoms with E-state index in [1.807, 2.05) is 0 Å². The number of nitrogens with two attached hydrogens (primary N) is 1. The van der Waals surface area contributed by atoms with Crippen LogP contribution in [0.5, 0.6) is 0 Å². The van der Waals surface area contributed by atoms with Crippen molar-refractivity contribution in [2.45, 2.75) is 65.0 Å². The Kier molecular flexibility index (Phi) is 12.9. The topological polar surface area (TPSA) is 47.3 Å². The lowest BCUT2D eigenvalue weighted by Gasteiger charge is -2.17. The average molecular weight is 230 g/mol. The van der Waals surface area contributed by atoms with Gasteiger partial charge in [0.25, 0.3) is 0 Å². The molecule has 0 aromatic rings. The highest BCUT2D eigenvalue weighted by Gasteiger charge is 2.03. The van der Waals surface area contributed by atoms with Crippen LogP contribution in [0.3, 0.4) is 0 Å². The number of ether oxygens (including phenoxy) is 1. The van der Waals surface area contributed by atoms with Gasteiger partial charge in [-0.2, -0.15) is 0 Å². The highest BCUT2D eigenvalue weighted by atomic mass is 16.5. The Balaban J connectivity index is 3.20. The first-order chi connectivity index (χ1) is 7.85. The number of hydrogen-bond acceptors (Lipinski definition) is 3. The Morgan fingerprint density at radius 3 is 2.38 bits per heavy atom. The molecule has 1 atom stereocenters. The first-order valence-corrected chi connectivity index (χ1v) is 6.90. The van der Waals surface area contributed by atoms with Crippen molar-refractivity contribution in [3.8, 4) is 0 Å². The summed E-state index contributed by atoms with van der Waals surface area (Å²) in [6, 6.07) is 0. The van der Waals surface area contributed by atoms with Crippen LogP contribution in [0.15, 0.2) is 0 Å². The molecule has 0 saturated heterocycles. The van der Waals surface area contributed by atoms with Crippen LogP contribution in [-0.2, 0) is 4.74 Å². The molecule has 0 aromatic heterocycles. The smallest absolute Gasteiger partial charge is 0.107 e. The summed E-state index contributed by atoms with van der Waals surface area (Å²) in [6.07, 6.45) is 9.10. The molecule has 98 valence electrons. The fourth-order valence-electron chi connectivity index (χ4n) is 1.67. The van der Waals surface area contributed by atoms with E-state index >= 15 is 0 Å². The standard InChI is InChI=1S/C13H30N2O/c1-3-5-6-7-8-9-12-16-13(4-2)15-11-10-14/h13,15H,3-12,14H2,1-2H3. The Hall–Kier alpha value is -0.120. The molecule has 1 unspecified atom stereocenters. The summed E-state index contributed by atoms with van der Waals surface area (Å²) in [4.78, 5) is 0. The summed E-state index contributed by atoms with van der Waals surface area (Å²) >= 11 is 0. The average Bonchev–Trinajstić information content (AvgIpc) is 2.32. The van der Waals surface area contributed by atoms with E-state index in [1.54, 1.807) is 0 Å². The third-order valence-electron chi connectivity index (χ3n) is 2.70. The fourth-order valence-corrected chi connectivity index (χ4v) is 1.67.